The maximum Gasteiger partial charge on any atom is 0.223 e. The van der Waals surface area contributed by atoms with Crippen LogP contribution in [0.1, 0.15) is 44.1 Å². The molecule has 1 aromatic carbocycles. The quantitative estimate of drug-likeness (QED) is 0.879. The molecule has 0 saturated heterocycles. The highest BCUT2D eigenvalue weighted by Gasteiger charge is 2.33. The summed E-state index contributed by atoms with van der Waals surface area (Å²) in [4.78, 5) is 14.4. The Morgan fingerprint density at radius 2 is 2.05 bits per heavy atom. The van der Waals surface area contributed by atoms with Gasteiger partial charge in [-0.3, -0.25) is 4.79 Å². The molecule has 0 heterocycles. The number of carbonyl (C=O) groups is 1. The zero-order valence-electron chi connectivity index (χ0n) is 13.8. The van der Waals surface area contributed by atoms with Crippen LogP contribution < -0.4 is 10.5 Å². The van der Waals surface area contributed by atoms with E-state index in [2.05, 4.69) is 0 Å². The standard InChI is InChI=1S/C18H28N2O2/c1-20(13-15-7-6-8-16(11-15)22-2)17(21)12-18(14-19)9-4-3-5-10-18/h6-8,11H,3-5,9-10,12-14,19H2,1-2H3. The summed E-state index contributed by atoms with van der Waals surface area (Å²) in [6, 6.07) is 7.86. The van der Waals surface area contributed by atoms with E-state index in [0.717, 1.165) is 24.2 Å². The van der Waals surface area contributed by atoms with Crippen molar-refractivity contribution in [3.63, 3.8) is 0 Å². The number of rotatable bonds is 6. The molecule has 1 fully saturated rings. The summed E-state index contributed by atoms with van der Waals surface area (Å²) in [7, 11) is 3.52. The SMILES string of the molecule is COc1cccc(CN(C)C(=O)CC2(CN)CCCCC2)c1. The Hall–Kier alpha value is -1.55. The van der Waals surface area contributed by atoms with E-state index in [1.54, 1.807) is 12.0 Å². The molecule has 22 heavy (non-hydrogen) atoms. The Bertz CT molecular complexity index is 496. The van der Waals surface area contributed by atoms with Crippen LogP contribution in [0.15, 0.2) is 24.3 Å². The lowest BCUT2D eigenvalue weighted by Crippen LogP contribution is -2.39. The molecule has 2 N–H and O–H groups in total. The maximum atomic E-state index is 12.6. The molecule has 1 aliphatic carbocycles. The number of methoxy groups -OCH3 is 1. The second-order valence-corrected chi connectivity index (χ2v) is 6.54. The normalized spacial score (nSPS) is 17.0. The van der Waals surface area contributed by atoms with Gasteiger partial charge in [-0.15, -0.1) is 0 Å². The van der Waals surface area contributed by atoms with Crippen LogP contribution in [0.3, 0.4) is 0 Å². The monoisotopic (exact) mass is 304 g/mol. The van der Waals surface area contributed by atoms with Crippen LogP contribution in [0.2, 0.25) is 0 Å². The highest BCUT2D eigenvalue weighted by atomic mass is 16.5. The van der Waals surface area contributed by atoms with Crippen LogP contribution >= 0.6 is 0 Å². The minimum atomic E-state index is 0.0258. The van der Waals surface area contributed by atoms with E-state index < -0.39 is 0 Å². The molecule has 0 aliphatic heterocycles. The number of hydrogen-bond donors (Lipinski definition) is 1. The largest absolute Gasteiger partial charge is 0.497 e. The number of nitrogens with two attached hydrogens (primary N) is 1. The minimum absolute atomic E-state index is 0.0258. The minimum Gasteiger partial charge on any atom is -0.497 e. The third kappa shape index (κ3) is 4.23. The predicted molar refractivity (Wildman–Crippen MR) is 88.7 cm³/mol. The molecular weight excluding hydrogens is 276 g/mol. The molecule has 2 rings (SSSR count). The van der Waals surface area contributed by atoms with Crippen LogP contribution in [0.25, 0.3) is 0 Å². The summed E-state index contributed by atoms with van der Waals surface area (Å²) in [5.74, 6) is 1.01. The molecule has 1 aromatic rings. The van der Waals surface area contributed by atoms with E-state index in [1.807, 2.05) is 31.3 Å². The molecule has 4 nitrogen and oxygen atoms in total. The van der Waals surface area contributed by atoms with E-state index in [-0.39, 0.29) is 11.3 Å². The summed E-state index contributed by atoms with van der Waals surface area (Å²) in [5, 5.41) is 0. The number of hydrogen-bond acceptors (Lipinski definition) is 3. The first kappa shape index (κ1) is 16.8. The highest BCUT2D eigenvalue weighted by molar-refractivity contribution is 5.76. The van der Waals surface area contributed by atoms with Crippen LogP contribution in [-0.2, 0) is 11.3 Å². The maximum absolute atomic E-state index is 12.6. The van der Waals surface area contributed by atoms with Gasteiger partial charge in [0.1, 0.15) is 5.75 Å². The Labute approximate surface area is 133 Å². The first-order valence-corrected chi connectivity index (χ1v) is 8.15. The Morgan fingerprint density at radius 1 is 1.32 bits per heavy atom. The molecule has 0 aromatic heterocycles. The van der Waals surface area contributed by atoms with Crippen molar-refractivity contribution in [2.45, 2.75) is 45.1 Å². The fourth-order valence-electron chi connectivity index (χ4n) is 3.34. The highest BCUT2D eigenvalue weighted by Crippen LogP contribution is 2.38. The van der Waals surface area contributed by atoms with Crippen LogP contribution in [0, 0.1) is 5.41 Å². The van der Waals surface area contributed by atoms with Crippen LogP contribution in [-0.4, -0.2) is 31.5 Å². The van der Waals surface area contributed by atoms with Crippen LogP contribution in [0.5, 0.6) is 5.75 Å². The van der Waals surface area contributed by atoms with Crippen molar-refractivity contribution in [2.24, 2.45) is 11.1 Å². The summed E-state index contributed by atoms with van der Waals surface area (Å²) >= 11 is 0. The summed E-state index contributed by atoms with van der Waals surface area (Å²) in [5.41, 5.74) is 7.10. The van der Waals surface area contributed by atoms with Crippen molar-refractivity contribution in [3.05, 3.63) is 29.8 Å². The Balaban J connectivity index is 1.96. The van der Waals surface area contributed by atoms with Crippen molar-refractivity contribution in [3.8, 4) is 5.75 Å². The molecule has 0 unspecified atom stereocenters. The fraction of sp³-hybridized carbons (Fsp3) is 0.611. The van der Waals surface area contributed by atoms with E-state index in [0.29, 0.717) is 19.5 Å². The van der Waals surface area contributed by atoms with E-state index in [4.69, 9.17) is 10.5 Å². The zero-order chi connectivity index (χ0) is 16.0. The average Bonchev–Trinajstić information content (AvgIpc) is 2.55. The van der Waals surface area contributed by atoms with E-state index in [1.165, 1.54) is 19.3 Å². The molecule has 4 heteroatoms. The Morgan fingerprint density at radius 3 is 2.68 bits per heavy atom. The lowest BCUT2D eigenvalue weighted by atomic mass is 9.71. The first-order chi connectivity index (χ1) is 10.6. The molecule has 1 amide bonds. The lowest BCUT2D eigenvalue weighted by Gasteiger charge is -2.36. The zero-order valence-corrected chi connectivity index (χ0v) is 13.8. The summed E-state index contributed by atoms with van der Waals surface area (Å²) in [6.07, 6.45) is 6.41. The van der Waals surface area contributed by atoms with Crippen molar-refractivity contribution in [1.29, 1.82) is 0 Å². The van der Waals surface area contributed by atoms with E-state index >= 15 is 0 Å². The number of carbonyl (C=O) groups excluding carboxylic acids is 1. The molecule has 0 spiro atoms. The number of amides is 1. The third-order valence-corrected chi connectivity index (χ3v) is 4.85. The fourth-order valence-corrected chi connectivity index (χ4v) is 3.34. The van der Waals surface area contributed by atoms with Gasteiger partial charge in [-0.2, -0.15) is 0 Å². The molecule has 122 valence electrons. The third-order valence-electron chi connectivity index (χ3n) is 4.85. The number of benzene rings is 1. The molecular formula is C18H28N2O2. The van der Waals surface area contributed by atoms with Crippen molar-refractivity contribution in [1.82, 2.24) is 4.90 Å². The van der Waals surface area contributed by atoms with Crippen molar-refractivity contribution in [2.75, 3.05) is 20.7 Å². The van der Waals surface area contributed by atoms with Gasteiger partial charge in [-0.1, -0.05) is 31.4 Å². The van der Waals surface area contributed by atoms with Gasteiger partial charge in [0.25, 0.3) is 0 Å². The lowest BCUT2D eigenvalue weighted by molar-refractivity contribution is -0.133. The molecule has 0 atom stereocenters. The van der Waals surface area contributed by atoms with Gasteiger partial charge in [0.15, 0.2) is 0 Å². The second kappa shape index (κ2) is 7.63. The van der Waals surface area contributed by atoms with Gasteiger partial charge in [0.2, 0.25) is 5.91 Å². The van der Waals surface area contributed by atoms with Crippen molar-refractivity contribution >= 4 is 5.91 Å². The molecule has 0 radical (unpaired) electrons. The molecule has 1 aliphatic rings. The van der Waals surface area contributed by atoms with Gasteiger partial charge in [0, 0.05) is 20.0 Å². The average molecular weight is 304 g/mol. The molecule has 0 bridgehead atoms. The van der Waals surface area contributed by atoms with E-state index in [9.17, 15) is 4.79 Å². The second-order valence-electron chi connectivity index (χ2n) is 6.54. The van der Waals surface area contributed by atoms with Crippen molar-refractivity contribution < 1.29 is 9.53 Å². The Kier molecular flexibility index (Phi) is 5.83. The summed E-state index contributed by atoms with van der Waals surface area (Å²) in [6.45, 7) is 1.22. The van der Waals surface area contributed by atoms with Gasteiger partial charge in [0.05, 0.1) is 7.11 Å². The van der Waals surface area contributed by atoms with Gasteiger partial charge >= 0.3 is 0 Å². The van der Waals surface area contributed by atoms with Gasteiger partial charge < -0.3 is 15.4 Å². The summed E-state index contributed by atoms with van der Waals surface area (Å²) < 4.78 is 5.23. The molecule has 1 saturated carbocycles. The number of ether oxygens (including phenoxy) is 1. The smallest absolute Gasteiger partial charge is 0.223 e. The van der Waals surface area contributed by atoms with Crippen LogP contribution in [0.4, 0.5) is 0 Å². The first-order valence-electron chi connectivity index (χ1n) is 8.15. The predicted octanol–water partition coefficient (Wildman–Crippen LogP) is 2.95. The number of nitrogens with zero attached hydrogens (tertiary/aromatic N) is 1. The van der Waals surface area contributed by atoms with Gasteiger partial charge in [-0.05, 0) is 42.5 Å². The topological polar surface area (TPSA) is 55.6 Å². The van der Waals surface area contributed by atoms with Gasteiger partial charge in [-0.25, -0.2) is 0 Å².